The van der Waals surface area contributed by atoms with E-state index in [1.54, 1.807) is 0 Å². The molecule has 3 atom stereocenters. The molecule has 13 heteroatoms. The Balaban J connectivity index is 4.45. The smallest absolute Gasteiger partial charge is 0.243 e. The average Bonchev–Trinajstić information content (AvgIpc) is 3.10. The molecule has 0 aliphatic heterocycles. The summed E-state index contributed by atoms with van der Waals surface area (Å²) in [5, 5.41) is 11.6. The van der Waals surface area contributed by atoms with E-state index in [2.05, 4.69) is 28.2 Å². The number of amides is 5. The Morgan fingerprint density at radius 1 is 0.451 bits per heavy atom. The van der Waals surface area contributed by atoms with Crippen LogP contribution in [0, 0.1) is 0 Å². The molecule has 0 bridgehead atoms. The summed E-state index contributed by atoms with van der Waals surface area (Å²) in [5.41, 5.74) is 22.3. The van der Waals surface area contributed by atoms with Gasteiger partial charge in [0.25, 0.3) is 0 Å². The van der Waals surface area contributed by atoms with E-state index in [-0.39, 0.29) is 23.6 Å². The first-order valence-corrected chi connectivity index (χ1v) is 20.3. The summed E-state index contributed by atoms with van der Waals surface area (Å²) >= 11 is 0. The van der Waals surface area contributed by atoms with Crippen molar-refractivity contribution in [2.75, 3.05) is 26.2 Å². The van der Waals surface area contributed by atoms with Gasteiger partial charge in [-0.1, -0.05) is 77.6 Å². The number of carbonyl (C=O) groups excluding carboxylic acids is 5. The van der Waals surface area contributed by atoms with E-state index in [1.807, 2.05) is 0 Å². The largest absolute Gasteiger partial charge is 0.368 e. The molecule has 51 heavy (non-hydrogen) atoms. The highest BCUT2D eigenvalue weighted by Gasteiger charge is 2.26. The van der Waals surface area contributed by atoms with Crippen LogP contribution in [-0.2, 0) is 24.0 Å². The van der Waals surface area contributed by atoms with Crippen molar-refractivity contribution >= 4 is 29.5 Å². The SMILES string of the molecule is CCCCCCCC(=O)N[C@@H](CCCCN)C(=O)N[C@@H](CCCCN)C(=O)NCCCCCCCCCCCC(=O)N[C@@H](CCCCN)C(N)=O. The van der Waals surface area contributed by atoms with Crippen LogP contribution in [0.25, 0.3) is 0 Å². The van der Waals surface area contributed by atoms with E-state index in [1.165, 1.54) is 0 Å². The Morgan fingerprint density at radius 3 is 1.29 bits per heavy atom. The molecule has 0 aromatic rings. The third-order valence-electron chi connectivity index (χ3n) is 9.19. The van der Waals surface area contributed by atoms with Crippen LogP contribution in [-0.4, -0.2) is 73.8 Å². The lowest BCUT2D eigenvalue weighted by Gasteiger charge is -2.23. The fourth-order valence-corrected chi connectivity index (χ4v) is 5.98. The Bertz CT molecular complexity index is 923. The average molecular weight is 725 g/mol. The first-order valence-electron chi connectivity index (χ1n) is 20.3. The molecule has 0 spiro atoms. The van der Waals surface area contributed by atoms with E-state index in [0.29, 0.717) is 64.7 Å². The van der Waals surface area contributed by atoms with E-state index in [9.17, 15) is 24.0 Å². The standard InChI is InChI=1S/C38H76N8O5/c1-2-3-4-10-13-26-35(48)45-33(24-17-20-29-41)38(51)46-32(23-16-19-28-40)37(50)43-30-21-12-9-7-5-6-8-11-14-25-34(47)44-31(36(42)49)22-15-18-27-39/h31-33H,2-30,39-41H2,1H3,(H2,42,49)(H,43,50)(H,44,47)(H,45,48)(H,46,51)/t31-,32-,33-/m0/s1. The summed E-state index contributed by atoms with van der Waals surface area (Å²) in [6.45, 7) is 4.29. The second kappa shape index (κ2) is 34.3. The van der Waals surface area contributed by atoms with E-state index >= 15 is 0 Å². The van der Waals surface area contributed by atoms with Gasteiger partial charge in [0.15, 0.2) is 0 Å². The Morgan fingerprint density at radius 2 is 0.843 bits per heavy atom. The van der Waals surface area contributed by atoms with Gasteiger partial charge < -0.3 is 44.2 Å². The normalized spacial score (nSPS) is 12.9. The first kappa shape index (κ1) is 48.2. The van der Waals surface area contributed by atoms with Gasteiger partial charge >= 0.3 is 0 Å². The summed E-state index contributed by atoms with van der Waals surface area (Å²) in [4.78, 5) is 62.9. The molecule has 0 aromatic carbocycles. The molecule has 0 aliphatic carbocycles. The van der Waals surface area contributed by atoms with Crippen LogP contribution in [0.2, 0.25) is 0 Å². The van der Waals surface area contributed by atoms with Gasteiger partial charge in [-0.15, -0.1) is 0 Å². The number of unbranched alkanes of at least 4 members (excludes halogenated alkanes) is 15. The molecule has 5 amide bonds. The van der Waals surface area contributed by atoms with Crippen LogP contribution in [0.5, 0.6) is 0 Å². The van der Waals surface area contributed by atoms with Gasteiger partial charge in [0.2, 0.25) is 29.5 Å². The van der Waals surface area contributed by atoms with Gasteiger partial charge in [-0.3, -0.25) is 24.0 Å². The topological polar surface area (TPSA) is 238 Å². The monoisotopic (exact) mass is 725 g/mol. The molecule has 0 unspecified atom stereocenters. The summed E-state index contributed by atoms with van der Waals surface area (Å²) in [6.07, 6.45) is 21.1. The van der Waals surface area contributed by atoms with Crippen molar-refractivity contribution in [1.29, 1.82) is 0 Å². The summed E-state index contributed by atoms with van der Waals surface area (Å²) in [6, 6.07) is -1.99. The number of nitrogens with one attached hydrogen (secondary N) is 4. The molecule has 0 rings (SSSR count). The Hall–Kier alpha value is -2.77. The quantitative estimate of drug-likeness (QED) is 0.0443. The predicted molar refractivity (Wildman–Crippen MR) is 206 cm³/mol. The second-order valence-corrected chi connectivity index (χ2v) is 13.9. The number of primary amides is 1. The van der Waals surface area contributed by atoms with E-state index in [4.69, 9.17) is 22.9 Å². The van der Waals surface area contributed by atoms with Crippen molar-refractivity contribution in [1.82, 2.24) is 21.3 Å². The third-order valence-corrected chi connectivity index (χ3v) is 9.19. The van der Waals surface area contributed by atoms with Crippen molar-refractivity contribution in [3.05, 3.63) is 0 Å². The lowest BCUT2D eigenvalue weighted by atomic mass is 10.0. The zero-order valence-electron chi connectivity index (χ0n) is 32.1. The highest BCUT2D eigenvalue weighted by Crippen LogP contribution is 2.12. The predicted octanol–water partition coefficient (Wildman–Crippen LogP) is 3.69. The van der Waals surface area contributed by atoms with Crippen LogP contribution in [0.4, 0.5) is 0 Å². The van der Waals surface area contributed by atoms with Crippen molar-refractivity contribution in [3.8, 4) is 0 Å². The van der Waals surface area contributed by atoms with Crippen molar-refractivity contribution < 1.29 is 24.0 Å². The summed E-state index contributed by atoms with van der Waals surface area (Å²) < 4.78 is 0. The minimum absolute atomic E-state index is 0.127. The Kier molecular flexibility index (Phi) is 32.5. The van der Waals surface area contributed by atoms with Gasteiger partial charge in [0.1, 0.15) is 18.1 Å². The number of rotatable bonds is 36. The van der Waals surface area contributed by atoms with Crippen LogP contribution in [0.1, 0.15) is 167 Å². The summed E-state index contributed by atoms with van der Waals surface area (Å²) in [5.74, 6) is -1.28. The fraction of sp³-hybridized carbons (Fsp3) is 0.868. The number of nitrogens with two attached hydrogens (primary N) is 4. The zero-order chi connectivity index (χ0) is 38.0. The highest BCUT2D eigenvalue weighted by atomic mass is 16.2. The van der Waals surface area contributed by atoms with Gasteiger partial charge in [-0.25, -0.2) is 0 Å². The molecule has 12 N–H and O–H groups in total. The van der Waals surface area contributed by atoms with Crippen LogP contribution >= 0.6 is 0 Å². The molecule has 0 saturated carbocycles. The summed E-state index contributed by atoms with van der Waals surface area (Å²) in [7, 11) is 0. The maximum Gasteiger partial charge on any atom is 0.243 e. The molecule has 0 aromatic heterocycles. The molecule has 13 nitrogen and oxygen atoms in total. The van der Waals surface area contributed by atoms with E-state index < -0.39 is 24.0 Å². The Labute approximate surface area is 309 Å². The number of hydrogen-bond donors (Lipinski definition) is 8. The zero-order valence-corrected chi connectivity index (χ0v) is 32.1. The van der Waals surface area contributed by atoms with Gasteiger partial charge in [-0.2, -0.15) is 0 Å². The minimum Gasteiger partial charge on any atom is -0.368 e. The molecule has 0 aliphatic rings. The number of carbonyl (C=O) groups is 5. The minimum atomic E-state index is -0.693. The molecular weight excluding hydrogens is 648 g/mol. The molecule has 0 saturated heterocycles. The van der Waals surface area contributed by atoms with Crippen LogP contribution < -0.4 is 44.2 Å². The molecular formula is C38H76N8O5. The molecule has 0 radical (unpaired) electrons. The van der Waals surface area contributed by atoms with Crippen LogP contribution in [0.3, 0.4) is 0 Å². The van der Waals surface area contributed by atoms with Crippen molar-refractivity contribution in [2.24, 2.45) is 22.9 Å². The van der Waals surface area contributed by atoms with Crippen molar-refractivity contribution in [3.63, 3.8) is 0 Å². The van der Waals surface area contributed by atoms with Gasteiger partial charge in [-0.05, 0) is 96.7 Å². The maximum atomic E-state index is 13.3. The van der Waals surface area contributed by atoms with Gasteiger partial charge in [0, 0.05) is 19.4 Å². The maximum absolute atomic E-state index is 13.3. The van der Waals surface area contributed by atoms with E-state index in [0.717, 1.165) is 122 Å². The third kappa shape index (κ3) is 28.5. The fourth-order valence-electron chi connectivity index (χ4n) is 5.98. The van der Waals surface area contributed by atoms with Gasteiger partial charge in [0.05, 0.1) is 0 Å². The molecule has 298 valence electrons. The first-order chi connectivity index (χ1) is 24.7. The van der Waals surface area contributed by atoms with Crippen LogP contribution in [0.15, 0.2) is 0 Å². The lowest BCUT2D eigenvalue weighted by Crippen LogP contribution is -2.53. The highest BCUT2D eigenvalue weighted by molar-refractivity contribution is 5.92. The van der Waals surface area contributed by atoms with Crippen molar-refractivity contribution in [2.45, 2.75) is 186 Å². The lowest BCUT2D eigenvalue weighted by molar-refractivity contribution is -0.132. The molecule has 0 heterocycles. The molecule has 0 fully saturated rings. The number of hydrogen-bond acceptors (Lipinski definition) is 8. The second-order valence-electron chi connectivity index (χ2n) is 13.9.